The second-order valence-electron chi connectivity index (χ2n) is 4.23. The number of ether oxygens (including phenoxy) is 1. The van der Waals surface area contributed by atoms with Crippen LogP contribution < -0.4 is 10.6 Å². The Bertz CT molecular complexity index is 410. The number of nitrogens with zero attached hydrogens (tertiary/aromatic N) is 1. The number of carbonyl (C=O) groups is 1. The average molecular weight is 425 g/mol. The monoisotopic (exact) mass is 425 g/mol. The largest absolute Gasteiger partial charge is 0.469 e. The van der Waals surface area contributed by atoms with E-state index in [-0.39, 0.29) is 29.9 Å². The summed E-state index contributed by atoms with van der Waals surface area (Å²) < 4.78 is 4.60. The van der Waals surface area contributed by atoms with Gasteiger partial charge in [0.15, 0.2) is 5.96 Å². The minimum atomic E-state index is -0.150. The highest BCUT2D eigenvalue weighted by atomic mass is 127. The van der Waals surface area contributed by atoms with Crippen LogP contribution in [0.5, 0.6) is 0 Å². The van der Waals surface area contributed by atoms with Gasteiger partial charge in [0.1, 0.15) is 0 Å². The fourth-order valence-corrected chi connectivity index (χ4v) is 2.23. The lowest BCUT2D eigenvalue weighted by Crippen LogP contribution is -2.37. The molecule has 5 nitrogen and oxygen atoms in total. The number of halogens is 1. The Kier molecular flexibility index (Phi) is 12.4. The lowest BCUT2D eigenvalue weighted by molar-refractivity contribution is -0.140. The van der Waals surface area contributed by atoms with Crippen molar-refractivity contribution in [1.29, 1.82) is 0 Å². The molecule has 0 aliphatic heterocycles. The topological polar surface area (TPSA) is 62.7 Å². The molecule has 1 rings (SSSR count). The molecular formula is C14H24IN3O2S. The van der Waals surface area contributed by atoms with Gasteiger partial charge in [0, 0.05) is 24.4 Å². The lowest BCUT2D eigenvalue weighted by atomic mass is 10.2. The van der Waals surface area contributed by atoms with Gasteiger partial charge in [-0.2, -0.15) is 0 Å². The summed E-state index contributed by atoms with van der Waals surface area (Å²) in [5, 5.41) is 8.53. The molecule has 0 saturated carbocycles. The molecule has 0 radical (unpaired) electrons. The van der Waals surface area contributed by atoms with Crippen LogP contribution in [0.3, 0.4) is 0 Å². The van der Waals surface area contributed by atoms with E-state index in [2.05, 4.69) is 31.8 Å². The summed E-state index contributed by atoms with van der Waals surface area (Å²) in [6.45, 7) is 4.36. The molecule has 21 heavy (non-hydrogen) atoms. The minimum absolute atomic E-state index is 0. The molecule has 0 unspecified atom stereocenters. The summed E-state index contributed by atoms with van der Waals surface area (Å²) in [6.07, 6.45) is 2.21. The van der Waals surface area contributed by atoms with E-state index < -0.39 is 0 Å². The number of aliphatic imine (C=N–C) groups is 1. The molecule has 0 saturated heterocycles. The Hall–Kier alpha value is -0.830. The predicted octanol–water partition coefficient (Wildman–Crippen LogP) is 2.76. The van der Waals surface area contributed by atoms with Crippen LogP contribution in [0, 0.1) is 0 Å². The van der Waals surface area contributed by atoms with Gasteiger partial charge in [-0.05, 0) is 31.2 Å². The first-order valence-electron chi connectivity index (χ1n) is 6.87. The zero-order chi connectivity index (χ0) is 14.6. The van der Waals surface area contributed by atoms with Gasteiger partial charge in [0.05, 0.1) is 13.7 Å². The van der Waals surface area contributed by atoms with E-state index in [9.17, 15) is 4.79 Å². The van der Waals surface area contributed by atoms with Gasteiger partial charge in [-0.3, -0.25) is 4.79 Å². The molecule has 1 heterocycles. The second kappa shape index (κ2) is 12.9. The maximum absolute atomic E-state index is 11.0. The highest BCUT2D eigenvalue weighted by Crippen LogP contribution is 2.09. The van der Waals surface area contributed by atoms with Crippen LogP contribution in [0.1, 0.15) is 31.1 Å². The van der Waals surface area contributed by atoms with Crippen molar-refractivity contribution in [2.75, 3.05) is 20.2 Å². The number of methoxy groups -OCH3 is 1. The van der Waals surface area contributed by atoms with Crippen molar-refractivity contribution < 1.29 is 9.53 Å². The minimum Gasteiger partial charge on any atom is -0.469 e. The smallest absolute Gasteiger partial charge is 0.305 e. The average Bonchev–Trinajstić information content (AvgIpc) is 2.97. The third kappa shape index (κ3) is 9.67. The third-order valence-electron chi connectivity index (χ3n) is 2.65. The molecule has 0 aliphatic rings. The van der Waals surface area contributed by atoms with Gasteiger partial charge in [0.2, 0.25) is 0 Å². The SMILES string of the molecule is CCNC(=NCc1cccs1)NCCCCC(=O)OC.I. The molecule has 0 aromatic carbocycles. The number of hydrogen-bond acceptors (Lipinski definition) is 4. The van der Waals surface area contributed by atoms with Gasteiger partial charge in [-0.25, -0.2) is 4.99 Å². The van der Waals surface area contributed by atoms with Crippen molar-refractivity contribution in [3.05, 3.63) is 22.4 Å². The molecule has 1 aromatic rings. The number of nitrogens with one attached hydrogen (secondary N) is 2. The molecular weight excluding hydrogens is 401 g/mol. The molecule has 0 amide bonds. The number of guanidine groups is 1. The standard InChI is InChI=1S/C14H23N3O2S.HI/c1-3-15-14(17-11-12-7-6-10-20-12)16-9-5-4-8-13(18)19-2;/h6-7,10H,3-5,8-9,11H2,1-2H3,(H2,15,16,17);1H. The van der Waals surface area contributed by atoms with Crippen LogP contribution in [-0.2, 0) is 16.1 Å². The Morgan fingerprint density at radius 3 is 2.81 bits per heavy atom. The summed E-state index contributed by atoms with van der Waals surface area (Å²) in [7, 11) is 1.42. The Morgan fingerprint density at radius 1 is 1.38 bits per heavy atom. The summed E-state index contributed by atoms with van der Waals surface area (Å²) in [5.41, 5.74) is 0. The summed E-state index contributed by atoms with van der Waals surface area (Å²) in [4.78, 5) is 16.7. The first kappa shape index (κ1) is 20.2. The van der Waals surface area contributed by atoms with E-state index in [4.69, 9.17) is 0 Å². The quantitative estimate of drug-likeness (QED) is 0.221. The molecule has 0 fully saturated rings. The maximum atomic E-state index is 11.0. The highest BCUT2D eigenvalue weighted by molar-refractivity contribution is 14.0. The number of hydrogen-bond donors (Lipinski definition) is 2. The molecule has 0 aliphatic carbocycles. The van der Waals surface area contributed by atoms with E-state index in [1.54, 1.807) is 11.3 Å². The molecule has 0 bridgehead atoms. The summed E-state index contributed by atoms with van der Waals surface area (Å²) in [6, 6.07) is 4.11. The van der Waals surface area contributed by atoms with Crippen molar-refractivity contribution in [2.45, 2.75) is 32.7 Å². The van der Waals surface area contributed by atoms with Crippen LogP contribution in [0.4, 0.5) is 0 Å². The number of esters is 1. The lowest BCUT2D eigenvalue weighted by Gasteiger charge is -2.10. The van der Waals surface area contributed by atoms with Crippen LogP contribution in [0.25, 0.3) is 0 Å². The van der Waals surface area contributed by atoms with E-state index in [0.29, 0.717) is 13.0 Å². The zero-order valence-corrected chi connectivity index (χ0v) is 15.7. The summed E-state index contributed by atoms with van der Waals surface area (Å²) >= 11 is 1.71. The van der Waals surface area contributed by atoms with Crippen LogP contribution in [0.2, 0.25) is 0 Å². The molecule has 2 N–H and O–H groups in total. The number of carbonyl (C=O) groups excluding carboxylic acids is 1. The molecule has 0 spiro atoms. The fraction of sp³-hybridized carbons (Fsp3) is 0.571. The zero-order valence-electron chi connectivity index (χ0n) is 12.6. The van der Waals surface area contributed by atoms with E-state index in [0.717, 1.165) is 31.9 Å². The Balaban J connectivity index is 0.00000400. The predicted molar refractivity (Wildman–Crippen MR) is 98.4 cm³/mol. The maximum Gasteiger partial charge on any atom is 0.305 e. The van der Waals surface area contributed by atoms with Gasteiger partial charge in [-0.1, -0.05) is 6.07 Å². The number of rotatable bonds is 8. The summed E-state index contributed by atoms with van der Waals surface area (Å²) in [5.74, 6) is 0.669. The normalized spacial score (nSPS) is 10.7. The van der Waals surface area contributed by atoms with Gasteiger partial charge < -0.3 is 15.4 Å². The molecule has 0 atom stereocenters. The first-order chi connectivity index (χ1) is 9.76. The first-order valence-corrected chi connectivity index (χ1v) is 7.75. The van der Waals surface area contributed by atoms with E-state index in [1.807, 2.05) is 13.0 Å². The second-order valence-corrected chi connectivity index (χ2v) is 5.27. The van der Waals surface area contributed by atoms with Gasteiger partial charge in [0.25, 0.3) is 0 Å². The highest BCUT2D eigenvalue weighted by Gasteiger charge is 2.01. The van der Waals surface area contributed by atoms with Gasteiger partial charge >= 0.3 is 5.97 Å². The molecule has 7 heteroatoms. The Morgan fingerprint density at radius 2 is 2.19 bits per heavy atom. The van der Waals surface area contributed by atoms with E-state index in [1.165, 1.54) is 12.0 Å². The fourth-order valence-electron chi connectivity index (χ4n) is 1.60. The third-order valence-corrected chi connectivity index (χ3v) is 3.51. The van der Waals surface area contributed by atoms with Crippen molar-refractivity contribution in [3.63, 3.8) is 0 Å². The van der Waals surface area contributed by atoms with Crippen molar-refractivity contribution >= 4 is 47.2 Å². The molecule has 120 valence electrons. The van der Waals surface area contributed by atoms with Crippen LogP contribution in [-0.4, -0.2) is 32.1 Å². The Labute approximate surface area is 147 Å². The van der Waals surface area contributed by atoms with Crippen molar-refractivity contribution in [1.82, 2.24) is 10.6 Å². The van der Waals surface area contributed by atoms with E-state index >= 15 is 0 Å². The number of unbranched alkanes of at least 4 members (excludes halogenated alkanes) is 1. The van der Waals surface area contributed by atoms with Crippen molar-refractivity contribution in [3.8, 4) is 0 Å². The number of thiophene rings is 1. The van der Waals surface area contributed by atoms with Crippen molar-refractivity contribution in [2.24, 2.45) is 4.99 Å². The van der Waals surface area contributed by atoms with Crippen LogP contribution >= 0.6 is 35.3 Å². The molecule has 1 aromatic heterocycles. The van der Waals surface area contributed by atoms with Crippen LogP contribution in [0.15, 0.2) is 22.5 Å². The van der Waals surface area contributed by atoms with Gasteiger partial charge in [-0.15, -0.1) is 35.3 Å².